The summed E-state index contributed by atoms with van der Waals surface area (Å²) in [6.45, 7) is 4.41. The third-order valence-corrected chi connectivity index (χ3v) is 4.61. The largest absolute Gasteiger partial charge is 0.357 e. The summed E-state index contributed by atoms with van der Waals surface area (Å²) in [4.78, 5) is 9.92. The second-order valence-electron chi connectivity index (χ2n) is 4.88. The SMILES string of the molecule is CCNC(=NCCc1ccc(Cl)s1)NCCc1ccc(Cl)nc1. The second kappa shape index (κ2) is 9.75. The molecular weight excluding hydrogens is 351 g/mol. The Morgan fingerprint density at radius 1 is 1.17 bits per heavy atom. The van der Waals surface area contributed by atoms with Gasteiger partial charge in [0.05, 0.1) is 4.34 Å². The van der Waals surface area contributed by atoms with E-state index in [0.717, 1.165) is 48.3 Å². The van der Waals surface area contributed by atoms with Crippen molar-refractivity contribution in [2.24, 2.45) is 4.99 Å². The van der Waals surface area contributed by atoms with Gasteiger partial charge in [0.1, 0.15) is 5.15 Å². The molecule has 2 aromatic rings. The zero-order valence-electron chi connectivity index (χ0n) is 13.0. The zero-order valence-corrected chi connectivity index (χ0v) is 15.3. The lowest BCUT2D eigenvalue weighted by Crippen LogP contribution is -2.38. The standard InChI is InChI=1S/C16H20Cl2N4S/c1-2-19-16(21-10-8-13-4-6-15(18)23-13)20-9-7-12-3-5-14(17)22-11-12/h3-6,11H,2,7-10H2,1H3,(H2,19,20,21). The van der Waals surface area contributed by atoms with Crippen molar-refractivity contribution in [1.82, 2.24) is 15.6 Å². The lowest BCUT2D eigenvalue weighted by atomic mass is 10.2. The lowest BCUT2D eigenvalue weighted by molar-refractivity contribution is 0.796. The molecule has 0 aliphatic heterocycles. The van der Waals surface area contributed by atoms with E-state index in [2.05, 4.69) is 33.6 Å². The number of nitrogens with zero attached hydrogens (tertiary/aromatic N) is 2. The van der Waals surface area contributed by atoms with Crippen LogP contribution in [-0.4, -0.2) is 30.6 Å². The van der Waals surface area contributed by atoms with Crippen molar-refractivity contribution in [1.29, 1.82) is 0 Å². The summed E-state index contributed by atoms with van der Waals surface area (Å²) < 4.78 is 0.825. The molecule has 0 atom stereocenters. The van der Waals surface area contributed by atoms with E-state index in [0.29, 0.717) is 5.15 Å². The number of halogens is 2. The summed E-state index contributed by atoms with van der Waals surface area (Å²) in [7, 11) is 0. The molecule has 0 saturated heterocycles. The molecule has 7 heteroatoms. The molecule has 2 N–H and O–H groups in total. The molecule has 0 spiro atoms. The molecule has 23 heavy (non-hydrogen) atoms. The van der Waals surface area contributed by atoms with Gasteiger partial charge < -0.3 is 10.6 Å². The van der Waals surface area contributed by atoms with E-state index in [4.69, 9.17) is 23.2 Å². The highest BCUT2D eigenvalue weighted by atomic mass is 35.5. The van der Waals surface area contributed by atoms with E-state index in [1.807, 2.05) is 18.2 Å². The predicted molar refractivity (Wildman–Crippen MR) is 100.0 cm³/mol. The van der Waals surface area contributed by atoms with Gasteiger partial charge in [0.15, 0.2) is 5.96 Å². The Balaban J connectivity index is 1.77. The Labute approximate surface area is 151 Å². The van der Waals surface area contributed by atoms with Crippen LogP contribution in [0.15, 0.2) is 35.5 Å². The maximum atomic E-state index is 5.93. The van der Waals surface area contributed by atoms with Crippen LogP contribution >= 0.6 is 34.5 Å². The highest BCUT2D eigenvalue weighted by Crippen LogP contribution is 2.21. The molecule has 0 fully saturated rings. The van der Waals surface area contributed by atoms with Crippen molar-refractivity contribution in [2.75, 3.05) is 19.6 Å². The molecule has 2 rings (SSSR count). The molecule has 0 aromatic carbocycles. The van der Waals surface area contributed by atoms with Gasteiger partial charge in [-0.3, -0.25) is 4.99 Å². The molecule has 0 radical (unpaired) electrons. The zero-order chi connectivity index (χ0) is 16.5. The number of aliphatic imine (C=N–C) groups is 1. The average molecular weight is 371 g/mol. The van der Waals surface area contributed by atoms with Gasteiger partial charge >= 0.3 is 0 Å². The first-order valence-electron chi connectivity index (χ1n) is 7.54. The average Bonchev–Trinajstić information content (AvgIpc) is 2.95. The van der Waals surface area contributed by atoms with E-state index < -0.39 is 0 Å². The molecule has 2 aromatic heterocycles. The number of guanidine groups is 1. The van der Waals surface area contributed by atoms with Crippen molar-refractivity contribution in [3.05, 3.63) is 50.4 Å². The molecule has 0 unspecified atom stereocenters. The topological polar surface area (TPSA) is 49.3 Å². The van der Waals surface area contributed by atoms with Crippen LogP contribution in [0.25, 0.3) is 0 Å². The minimum Gasteiger partial charge on any atom is -0.357 e. The number of aromatic nitrogens is 1. The Morgan fingerprint density at radius 3 is 2.70 bits per heavy atom. The van der Waals surface area contributed by atoms with Crippen LogP contribution in [0, 0.1) is 0 Å². The molecule has 4 nitrogen and oxygen atoms in total. The van der Waals surface area contributed by atoms with Gasteiger partial charge in [-0.25, -0.2) is 4.98 Å². The molecule has 0 saturated carbocycles. The van der Waals surface area contributed by atoms with Gasteiger partial charge in [-0.2, -0.15) is 0 Å². The summed E-state index contributed by atoms with van der Waals surface area (Å²) in [5.41, 5.74) is 1.14. The van der Waals surface area contributed by atoms with Gasteiger partial charge in [0.2, 0.25) is 0 Å². The number of pyridine rings is 1. The summed E-state index contributed by atoms with van der Waals surface area (Å²) in [5.74, 6) is 0.831. The maximum absolute atomic E-state index is 5.93. The molecule has 124 valence electrons. The summed E-state index contributed by atoms with van der Waals surface area (Å²) in [6.07, 6.45) is 3.57. The monoisotopic (exact) mass is 370 g/mol. The van der Waals surface area contributed by atoms with Crippen molar-refractivity contribution in [3.63, 3.8) is 0 Å². The van der Waals surface area contributed by atoms with E-state index in [-0.39, 0.29) is 0 Å². The van der Waals surface area contributed by atoms with Crippen LogP contribution in [-0.2, 0) is 12.8 Å². The van der Waals surface area contributed by atoms with Crippen LogP contribution in [0.1, 0.15) is 17.4 Å². The van der Waals surface area contributed by atoms with Gasteiger partial charge in [-0.15, -0.1) is 11.3 Å². The molecule has 2 heterocycles. The lowest BCUT2D eigenvalue weighted by Gasteiger charge is -2.11. The van der Waals surface area contributed by atoms with E-state index >= 15 is 0 Å². The smallest absolute Gasteiger partial charge is 0.191 e. The molecule has 0 aliphatic rings. The fraction of sp³-hybridized carbons (Fsp3) is 0.375. The van der Waals surface area contributed by atoms with E-state index in [9.17, 15) is 0 Å². The number of hydrogen-bond donors (Lipinski definition) is 2. The summed E-state index contributed by atoms with van der Waals surface area (Å²) >= 11 is 13.3. The third kappa shape index (κ3) is 6.77. The van der Waals surface area contributed by atoms with Crippen molar-refractivity contribution in [2.45, 2.75) is 19.8 Å². The number of hydrogen-bond acceptors (Lipinski definition) is 3. The molecule has 0 bridgehead atoms. The summed E-state index contributed by atoms with van der Waals surface area (Å²) in [5, 5.41) is 7.10. The Bertz CT molecular complexity index is 625. The second-order valence-corrected chi connectivity index (χ2v) is 7.07. The van der Waals surface area contributed by atoms with Crippen LogP contribution in [0.2, 0.25) is 9.49 Å². The van der Waals surface area contributed by atoms with Crippen molar-refractivity contribution in [3.8, 4) is 0 Å². The van der Waals surface area contributed by atoms with Crippen molar-refractivity contribution >= 4 is 40.5 Å². The Hall–Kier alpha value is -1.30. The fourth-order valence-corrected chi connectivity index (χ4v) is 3.17. The maximum Gasteiger partial charge on any atom is 0.191 e. The number of rotatable bonds is 7. The van der Waals surface area contributed by atoms with Crippen LogP contribution in [0.3, 0.4) is 0 Å². The van der Waals surface area contributed by atoms with E-state index in [1.54, 1.807) is 17.5 Å². The first-order chi connectivity index (χ1) is 11.2. The van der Waals surface area contributed by atoms with Gasteiger partial charge in [0, 0.05) is 37.1 Å². The van der Waals surface area contributed by atoms with Gasteiger partial charge in [-0.1, -0.05) is 29.3 Å². The van der Waals surface area contributed by atoms with Crippen LogP contribution in [0.5, 0.6) is 0 Å². The van der Waals surface area contributed by atoms with E-state index in [1.165, 1.54) is 4.88 Å². The fourth-order valence-electron chi connectivity index (χ4n) is 1.99. The normalized spacial score (nSPS) is 11.5. The molecular formula is C16H20Cl2N4S. The van der Waals surface area contributed by atoms with Gasteiger partial charge in [0.25, 0.3) is 0 Å². The third-order valence-electron chi connectivity index (χ3n) is 3.10. The molecule has 0 amide bonds. The number of nitrogens with one attached hydrogen (secondary N) is 2. The first-order valence-corrected chi connectivity index (χ1v) is 9.11. The Morgan fingerprint density at radius 2 is 2.04 bits per heavy atom. The van der Waals surface area contributed by atoms with Crippen molar-refractivity contribution < 1.29 is 0 Å². The molecule has 0 aliphatic carbocycles. The highest BCUT2D eigenvalue weighted by molar-refractivity contribution is 7.16. The Kier molecular flexibility index (Phi) is 7.65. The van der Waals surface area contributed by atoms with Crippen LogP contribution < -0.4 is 10.6 Å². The summed E-state index contributed by atoms with van der Waals surface area (Å²) in [6, 6.07) is 7.77. The minimum atomic E-state index is 0.519. The quantitative estimate of drug-likeness (QED) is 0.442. The highest BCUT2D eigenvalue weighted by Gasteiger charge is 2.00. The van der Waals surface area contributed by atoms with Crippen LogP contribution in [0.4, 0.5) is 0 Å². The van der Waals surface area contributed by atoms with Gasteiger partial charge in [-0.05, 0) is 37.1 Å². The first kappa shape index (κ1) is 18.0. The minimum absolute atomic E-state index is 0.519. The number of thiophene rings is 1. The predicted octanol–water partition coefficient (Wildman–Crippen LogP) is 3.79.